The molecule has 22 heavy (non-hydrogen) atoms. The summed E-state index contributed by atoms with van der Waals surface area (Å²) in [6.07, 6.45) is 6.18. The van der Waals surface area contributed by atoms with Gasteiger partial charge in [-0.25, -0.2) is 0 Å². The maximum atomic E-state index is 12.5. The van der Waals surface area contributed by atoms with Crippen molar-refractivity contribution in [3.8, 4) is 0 Å². The van der Waals surface area contributed by atoms with Crippen molar-refractivity contribution in [3.63, 3.8) is 0 Å². The molecule has 0 N–H and O–H groups in total. The molecule has 1 amide bonds. The van der Waals surface area contributed by atoms with Crippen molar-refractivity contribution in [2.24, 2.45) is 7.05 Å². The molecule has 6 heteroatoms. The zero-order chi connectivity index (χ0) is 15.1. The highest BCUT2D eigenvalue weighted by molar-refractivity contribution is 5.92. The lowest BCUT2D eigenvalue weighted by Crippen LogP contribution is -2.38. The Hall–Kier alpha value is -2.11. The number of nitrogens with zero attached hydrogens (tertiary/aromatic N) is 4. The highest BCUT2D eigenvalue weighted by Crippen LogP contribution is 2.40. The first-order valence-corrected chi connectivity index (χ1v) is 7.96. The van der Waals surface area contributed by atoms with Crippen LogP contribution in [0.4, 0.5) is 0 Å². The minimum Gasteiger partial charge on any atom is -0.360 e. The lowest BCUT2D eigenvalue weighted by molar-refractivity contribution is 0.0701. The number of hydrogen-bond acceptors (Lipinski definition) is 4. The van der Waals surface area contributed by atoms with Gasteiger partial charge >= 0.3 is 0 Å². The van der Waals surface area contributed by atoms with E-state index in [1.54, 1.807) is 0 Å². The monoisotopic (exact) mass is 300 g/mol. The highest BCUT2D eigenvalue weighted by atomic mass is 16.5. The van der Waals surface area contributed by atoms with E-state index in [4.69, 9.17) is 4.52 Å². The molecule has 4 rings (SSSR count). The molecule has 2 aromatic rings. The maximum absolute atomic E-state index is 12.5. The largest absolute Gasteiger partial charge is 0.360 e. The number of aromatic nitrogens is 3. The van der Waals surface area contributed by atoms with E-state index in [-0.39, 0.29) is 5.91 Å². The number of amides is 1. The summed E-state index contributed by atoms with van der Waals surface area (Å²) in [6, 6.07) is 3.90. The van der Waals surface area contributed by atoms with Crippen LogP contribution in [-0.2, 0) is 7.05 Å². The van der Waals surface area contributed by atoms with Gasteiger partial charge in [-0.3, -0.25) is 9.48 Å². The lowest BCUT2D eigenvalue weighted by Gasteiger charge is -2.30. The van der Waals surface area contributed by atoms with Crippen LogP contribution in [0.2, 0.25) is 0 Å². The van der Waals surface area contributed by atoms with Gasteiger partial charge in [0.15, 0.2) is 5.69 Å². The lowest BCUT2D eigenvalue weighted by atomic mass is 9.93. The van der Waals surface area contributed by atoms with Gasteiger partial charge in [0.2, 0.25) is 0 Å². The number of rotatable bonds is 3. The van der Waals surface area contributed by atoms with E-state index in [2.05, 4.69) is 16.3 Å². The van der Waals surface area contributed by atoms with Crippen molar-refractivity contribution in [1.29, 1.82) is 0 Å². The zero-order valence-electron chi connectivity index (χ0n) is 12.7. The van der Waals surface area contributed by atoms with Crippen molar-refractivity contribution in [1.82, 2.24) is 19.8 Å². The quantitative estimate of drug-likeness (QED) is 0.872. The van der Waals surface area contributed by atoms with Crippen LogP contribution in [0, 0.1) is 0 Å². The molecular formula is C16H20N4O2. The fourth-order valence-electron chi connectivity index (χ4n) is 3.14. The standard InChI is InChI=1S/C16H20N4O2/c1-19-7-6-13(17-19)11-4-8-20(9-5-11)16(21)14-10-15(22-18-14)12-2-3-12/h6-7,10-12H,2-5,8-9H2,1H3. The molecule has 0 radical (unpaired) electrons. The third-order valence-corrected chi connectivity index (χ3v) is 4.66. The summed E-state index contributed by atoms with van der Waals surface area (Å²) in [4.78, 5) is 14.4. The van der Waals surface area contributed by atoms with E-state index < -0.39 is 0 Å². The summed E-state index contributed by atoms with van der Waals surface area (Å²) in [7, 11) is 1.93. The summed E-state index contributed by atoms with van der Waals surface area (Å²) < 4.78 is 7.12. The van der Waals surface area contributed by atoms with Gasteiger partial charge < -0.3 is 9.42 Å². The van der Waals surface area contributed by atoms with Crippen LogP contribution >= 0.6 is 0 Å². The molecule has 2 fully saturated rings. The molecular weight excluding hydrogens is 280 g/mol. The normalized spacial score (nSPS) is 19.6. The molecule has 0 spiro atoms. The van der Waals surface area contributed by atoms with Crippen molar-refractivity contribution < 1.29 is 9.32 Å². The van der Waals surface area contributed by atoms with E-state index in [9.17, 15) is 4.79 Å². The SMILES string of the molecule is Cn1ccc(C2CCN(C(=O)c3cc(C4CC4)on3)CC2)n1. The molecule has 1 aliphatic heterocycles. The Labute approximate surface area is 129 Å². The van der Waals surface area contributed by atoms with E-state index in [1.165, 1.54) is 0 Å². The van der Waals surface area contributed by atoms with Gasteiger partial charge in [-0.2, -0.15) is 5.10 Å². The first kappa shape index (κ1) is 13.5. The molecule has 1 saturated heterocycles. The second kappa shape index (κ2) is 5.26. The average molecular weight is 300 g/mol. The molecule has 116 valence electrons. The minimum absolute atomic E-state index is 0.00452. The van der Waals surface area contributed by atoms with Crippen LogP contribution in [-0.4, -0.2) is 38.8 Å². The predicted octanol–water partition coefficient (Wildman–Crippen LogP) is 2.31. The summed E-state index contributed by atoms with van der Waals surface area (Å²) >= 11 is 0. The molecule has 0 atom stereocenters. The number of carbonyl (C=O) groups excluding carboxylic acids is 1. The van der Waals surface area contributed by atoms with Crippen LogP contribution < -0.4 is 0 Å². The molecule has 3 heterocycles. The van der Waals surface area contributed by atoms with Crippen molar-refractivity contribution >= 4 is 5.91 Å². The Morgan fingerprint density at radius 1 is 1.23 bits per heavy atom. The van der Waals surface area contributed by atoms with Crippen LogP contribution in [0.25, 0.3) is 0 Å². The summed E-state index contributed by atoms with van der Waals surface area (Å²) in [5.74, 6) is 1.80. The van der Waals surface area contributed by atoms with Gasteiger partial charge in [0.05, 0.1) is 5.69 Å². The second-order valence-corrected chi connectivity index (χ2v) is 6.37. The first-order chi connectivity index (χ1) is 10.7. The fraction of sp³-hybridized carbons (Fsp3) is 0.562. The highest BCUT2D eigenvalue weighted by Gasteiger charge is 2.31. The minimum atomic E-state index is -0.00452. The summed E-state index contributed by atoms with van der Waals surface area (Å²) in [6.45, 7) is 1.51. The molecule has 0 unspecified atom stereocenters. The Bertz CT molecular complexity index is 678. The van der Waals surface area contributed by atoms with Gasteiger partial charge in [-0.05, 0) is 31.7 Å². The number of hydrogen-bond donors (Lipinski definition) is 0. The van der Waals surface area contributed by atoms with Crippen molar-refractivity contribution in [3.05, 3.63) is 35.5 Å². The van der Waals surface area contributed by atoms with Gasteiger partial charge in [0, 0.05) is 44.2 Å². The molecule has 2 aromatic heterocycles. The van der Waals surface area contributed by atoms with Crippen molar-refractivity contribution in [2.45, 2.75) is 37.5 Å². The predicted molar refractivity (Wildman–Crippen MR) is 79.6 cm³/mol. The molecule has 1 saturated carbocycles. The van der Waals surface area contributed by atoms with Crippen LogP contribution in [0.15, 0.2) is 22.9 Å². The van der Waals surface area contributed by atoms with Gasteiger partial charge in [0.1, 0.15) is 5.76 Å². The molecule has 6 nitrogen and oxygen atoms in total. The van der Waals surface area contributed by atoms with E-state index in [0.29, 0.717) is 17.5 Å². The Morgan fingerprint density at radius 3 is 2.64 bits per heavy atom. The molecule has 2 aliphatic rings. The first-order valence-electron chi connectivity index (χ1n) is 7.96. The fourth-order valence-corrected chi connectivity index (χ4v) is 3.14. The van der Waals surface area contributed by atoms with E-state index in [1.807, 2.05) is 28.9 Å². The van der Waals surface area contributed by atoms with E-state index in [0.717, 1.165) is 50.2 Å². The van der Waals surface area contributed by atoms with Gasteiger partial charge in [-0.15, -0.1) is 0 Å². The average Bonchev–Trinajstić information content (AvgIpc) is 3.11. The smallest absolute Gasteiger partial charge is 0.276 e. The molecule has 0 aromatic carbocycles. The summed E-state index contributed by atoms with van der Waals surface area (Å²) in [5, 5.41) is 8.43. The molecule has 0 bridgehead atoms. The topological polar surface area (TPSA) is 64.2 Å². The third kappa shape index (κ3) is 2.53. The number of aryl methyl sites for hydroxylation is 1. The summed E-state index contributed by atoms with van der Waals surface area (Å²) in [5.41, 5.74) is 1.59. The van der Waals surface area contributed by atoms with E-state index >= 15 is 0 Å². The Morgan fingerprint density at radius 2 is 2.00 bits per heavy atom. The number of likely N-dealkylation sites (tertiary alicyclic amines) is 1. The van der Waals surface area contributed by atoms with Crippen LogP contribution in [0.3, 0.4) is 0 Å². The Kier molecular flexibility index (Phi) is 3.24. The number of carbonyl (C=O) groups is 1. The molecule has 1 aliphatic carbocycles. The van der Waals surface area contributed by atoms with Gasteiger partial charge in [-0.1, -0.05) is 5.16 Å². The Balaban J connectivity index is 1.38. The maximum Gasteiger partial charge on any atom is 0.276 e. The van der Waals surface area contributed by atoms with Gasteiger partial charge in [0.25, 0.3) is 5.91 Å². The van der Waals surface area contributed by atoms with Crippen LogP contribution in [0.5, 0.6) is 0 Å². The zero-order valence-corrected chi connectivity index (χ0v) is 12.7. The third-order valence-electron chi connectivity index (χ3n) is 4.66. The second-order valence-electron chi connectivity index (χ2n) is 6.37. The van der Waals surface area contributed by atoms with Crippen LogP contribution in [0.1, 0.15) is 59.5 Å². The number of piperidine rings is 1. The van der Waals surface area contributed by atoms with Crippen molar-refractivity contribution in [2.75, 3.05) is 13.1 Å².